The van der Waals surface area contributed by atoms with Crippen molar-refractivity contribution in [3.63, 3.8) is 0 Å². The van der Waals surface area contributed by atoms with E-state index in [0.717, 1.165) is 36.6 Å². The number of nitrogen functional groups attached to an aromatic ring is 1. The minimum Gasteiger partial charge on any atom is -0.369 e. The van der Waals surface area contributed by atoms with Crippen LogP contribution in [0.2, 0.25) is 0 Å². The number of anilines is 2. The molecule has 1 heterocycles. The van der Waals surface area contributed by atoms with Crippen molar-refractivity contribution in [1.82, 2.24) is 9.97 Å². The van der Waals surface area contributed by atoms with E-state index in [1.807, 2.05) is 0 Å². The highest BCUT2D eigenvalue weighted by Gasteiger charge is 2.18. The molecule has 0 aliphatic carbocycles. The molecule has 4 N–H and O–H groups in total. The van der Waals surface area contributed by atoms with Crippen molar-refractivity contribution in [3.8, 4) is 0 Å². The first-order valence-corrected chi connectivity index (χ1v) is 7.55. The molecule has 1 rings (SSSR count). The molecule has 5 heteroatoms. The summed E-state index contributed by atoms with van der Waals surface area (Å²) in [5.41, 5.74) is 3.74. The SMILES string of the molecule is CCCc1c(NN)ncnc1NCC(C(C)C)C(C)C. The van der Waals surface area contributed by atoms with Gasteiger partial charge in [-0.2, -0.15) is 0 Å². The first kappa shape index (κ1) is 16.7. The fraction of sp³-hybridized carbons (Fsp3) is 0.733. The molecule has 0 fully saturated rings. The summed E-state index contributed by atoms with van der Waals surface area (Å²) in [6.07, 6.45) is 3.50. The van der Waals surface area contributed by atoms with Crippen LogP contribution in [0.5, 0.6) is 0 Å². The van der Waals surface area contributed by atoms with Gasteiger partial charge in [-0.3, -0.25) is 0 Å². The summed E-state index contributed by atoms with van der Waals surface area (Å²) >= 11 is 0. The standard InChI is InChI=1S/C15H29N5/c1-6-7-12-14(18-9-19-15(12)20-16)17-8-13(10(2)3)11(4)5/h9-11,13H,6-8,16H2,1-5H3,(H2,17,18,19,20). The molecule has 5 nitrogen and oxygen atoms in total. The Kier molecular flexibility index (Phi) is 6.71. The van der Waals surface area contributed by atoms with Gasteiger partial charge >= 0.3 is 0 Å². The van der Waals surface area contributed by atoms with Gasteiger partial charge in [0.25, 0.3) is 0 Å². The number of aromatic nitrogens is 2. The molecule has 0 saturated heterocycles. The fourth-order valence-electron chi connectivity index (χ4n) is 2.63. The molecule has 20 heavy (non-hydrogen) atoms. The Morgan fingerprint density at radius 1 is 1.10 bits per heavy atom. The van der Waals surface area contributed by atoms with Crippen LogP contribution in [0.25, 0.3) is 0 Å². The van der Waals surface area contributed by atoms with Crippen LogP contribution in [0.4, 0.5) is 11.6 Å². The zero-order chi connectivity index (χ0) is 15.1. The zero-order valence-electron chi connectivity index (χ0n) is 13.4. The van der Waals surface area contributed by atoms with Crippen LogP contribution in [0.1, 0.15) is 46.6 Å². The van der Waals surface area contributed by atoms with Crippen molar-refractivity contribution >= 4 is 11.6 Å². The molecule has 0 unspecified atom stereocenters. The van der Waals surface area contributed by atoms with Gasteiger partial charge < -0.3 is 10.7 Å². The van der Waals surface area contributed by atoms with Crippen molar-refractivity contribution < 1.29 is 0 Å². The van der Waals surface area contributed by atoms with Crippen LogP contribution >= 0.6 is 0 Å². The predicted molar refractivity (Wildman–Crippen MR) is 85.5 cm³/mol. The van der Waals surface area contributed by atoms with Crippen LogP contribution in [-0.4, -0.2) is 16.5 Å². The van der Waals surface area contributed by atoms with E-state index >= 15 is 0 Å². The second kappa shape index (κ2) is 8.04. The predicted octanol–water partition coefficient (Wildman–Crippen LogP) is 3.05. The largest absolute Gasteiger partial charge is 0.369 e. The highest BCUT2D eigenvalue weighted by molar-refractivity contribution is 5.56. The molecule has 1 aromatic rings. The van der Waals surface area contributed by atoms with Crippen molar-refractivity contribution in [1.29, 1.82) is 0 Å². The molecule has 0 spiro atoms. The van der Waals surface area contributed by atoms with Gasteiger partial charge in [0.2, 0.25) is 0 Å². The van der Waals surface area contributed by atoms with Crippen LogP contribution < -0.4 is 16.6 Å². The van der Waals surface area contributed by atoms with E-state index in [4.69, 9.17) is 5.84 Å². The van der Waals surface area contributed by atoms with E-state index in [-0.39, 0.29) is 0 Å². The lowest BCUT2D eigenvalue weighted by atomic mass is 9.85. The van der Waals surface area contributed by atoms with Crippen LogP contribution in [-0.2, 0) is 6.42 Å². The molecule has 0 aliphatic rings. The Morgan fingerprint density at radius 3 is 2.20 bits per heavy atom. The number of nitrogens with one attached hydrogen (secondary N) is 2. The molecule has 114 valence electrons. The van der Waals surface area contributed by atoms with E-state index in [9.17, 15) is 0 Å². The number of hydrogen-bond acceptors (Lipinski definition) is 5. The Labute approximate surface area is 122 Å². The van der Waals surface area contributed by atoms with Gasteiger partial charge in [0.05, 0.1) is 0 Å². The summed E-state index contributed by atoms with van der Waals surface area (Å²) in [6.45, 7) is 12.1. The molecule has 0 saturated carbocycles. The Hall–Kier alpha value is -1.36. The molecule has 0 amide bonds. The summed E-state index contributed by atoms with van der Waals surface area (Å²) in [6, 6.07) is 0. The van der Waals surface area contributed by atoms with Gasteiger partial charge in [-0.25, -0.2) is 15.8 Å². The number of hydrazine groups is 1. The van der Waals surface area contributed by atoms with Crippen molar-refractivity contribution in [2.75, 3.05) is 17.3 Å². The van der Waals surface area contributed by atoms with Gasteiger partial charge in [0, 0.05) is 12.1 Å². The lowest BCUT2D eigenvalue weighted by molar-refractivity contribution is 0.304. The number of hydrogen-bond donors (Lipinski definition) is 3. The second-order valence-electron chi connectivity index (χ2n) is 5.98. The Bertz CT molecular complexity index is 395. The molecule has 0 aliphatic heterocycles. The fourth-order valence-corrected chi connectivity index (χ4v) is 2.63. The van der Waals surface area contributed by atoms with Crippen LogP contribution in [0.15, 0.2) is 6.33 Å². The third-order valence-corrected chi connectivity index (χ3v) is 3.80. The van der Waals surface area contributed by atoms with E-state index in [1.165, 1.54) is 0 Å². The molecule has 0 bridgehead atoms. The molecule has 0 atom stereocenters. The summed E-state index contributed by atoms with van der Waals surface area (Å²) in [5, 5.41) is 3.49. The van der Waals surface area contributed by atoms with Gasteiger partial charge in [-0.05, 0) is 24.2 Å². The highest BCUT2D eigenvalue weighted by Crippen LogP contribution is 2.24. The molecular formula is C15H29N5. The van der Waals surface area contributed by atoms with E-state index in [2.05, 4.69) is 55.3 Å². The molecule has 1 aromatic heterocycles. The maximum atomic E-state index is 5.53. The van der Waals surface area contributed by atoms with Gasteiger partial charge in [-0.15, -0.1) is 0 Å². The van der Waals surface area contributed by atoms with Crippen molar-refractivity contribution in [2.24, 2.45) is 23.6 Å². The van der Waals surface area contributed by atoms with E-state index in [1.54, 1.807) is 6.33 Å². The summed E-state index contributed by atoms with van der Waals surface area (Å²) in [4.78, 5) is 8.57. The Balaban J connectivity index is 2.86. The van der Waals surface area contributed by atoms with Crippen molar-refractivity contribution in [3.05, 3.63) is 11.9 Å². The molecule has 0 aromatic carbocycles. The van der Waals surface area contributed by atoms with Crippen LogP contribution in [0.3, 0.4) is 0 Å². The lowest BCUT2D eigenvalue weighted by Gasteiger charge is -2.26. The Morgan fingerprint density at radius 2 is 1.70 bits per heavy atom. The average molecular weight is 279 g/mol. The first-order chi connectivity index (χ1) is 9.51. The van der Waals surface area contributed by atoms with Gasteiger partial charge in [-0.1, -0.05) is 41.0 Å². The van der Waals surface area contributed by atoms with Crippen LogP contribution in [0, 0.1) is 17.8 Å². The van der Waals surface area contributed by atoms with E-state index < -0.39 is 0 Å². The number of nitrogens with two attached hydrogens (primary N) is 1. The minimum absolute atomic E-state index is 0.619. The van der Waals surface area contributed by atoms with Gasteiger partial charge in [0.15, 0.2) is 0 Å². The summed E-state index contributed by atoms with van der Waals surface area (Å²) < 4.78 is 0. The first-order valence-electron chi connectivity index (χ1n) is 7.55. The smallest absolute Gasteiger partial charge is 0.148 e. The second-order valence-corrected chi connectivity index (χ2v) is 5.98. The third kappa shape index (κ3) is 4.34. The zero-order valence-corrected chi connectivity index (χ0v) is 13.4. The third-order valence-electron chi connectivity index (χ3n) is 3.80. The number of rotatable bonds is 8. The quantitative estimate of drug-likeness (QED) is 0.503. The summed E-state index contributed by atoms with van der Waals surface area (Å²) in [7, 11) is 0. The highest BCUT2D eigenvalue weighted by atomic mass is 15.3. The normalized spacial score (nSPS) is 11.4. The maximum absolute atomic E-state index is 5.53. The summed E-state index contributed by atoms with van der Waals surface area (Å²) in [5.74, 6) is 9.06. The monoisotopic (exact) mass is 279 g/mol. The maximum Gasteiger partial charge on any atom is 0.148 e. The minimum atomic E-state index is 0.619. The molecular weight excluding hydrogens is 250 g/mol. The van der Waals surface area contributed by atoms with Gasteiger partial charge in [0.1, 0.15) is 18.0 Å². The lowest BCUT2D eigenvalue weighted by Crippen LogP contribution is -2.25. The topological polar surface area (TPSA) is 75.9 Å². The van der Waals surface area contributed by atoms with E-state index in [0.29, 0.717) is 17.8 Å². The average Bonchev–Trinajstić information content (AvgIpc) is 2.39. The van der Waals surface area contributed by atoms with Crippen molar-refractivity contribution in [2.45, 2.75) is 47.5 Å². The number of nitrogens with zero attached hydrogens (tertiary/aromatic N) is 2. The molecule has 0 radical (unpaired) electrons.